The molecule has 0 saturated heterocycles. The average Bonchev–Trinajstić information content (AvgIpc) is 2.18. The highest BCUT2D eigenvalue weighted by molar-refractivity contribution is 7.85. The van der Waals surface area contributed by atoms with Gasteiger partial charge in [0.1, 0.15) is 0 Å². The third-order valence-electron chi connectivity index (χ3n) is 1.57. The second-order valence-corrected chi connectivity index (χ2v) is 6.97. The lowest BCUT2D eigenvalue weighted by Gasteiger charge is -1.97. The number of rotatable bonds is 7. The Labute approximate surface area is 121 Å². The van der Waals surface area contributed by atoms with E-state index in [9.17, 15) is 16.8 Å². The highest BCUT2D eigenvalue weighted by Gasteiger charge is 1.88. The van der Waals surface area contributed by atoms with Gasteiger partial charge in [-0.1, -0.05) is 25.7 Å². The van der Waals surface area contributed by atoms with E-state index >= 15 is 0 Å². The number of unbranched alkanes of at least 4 members (excludes halogenated alkanes) is 5. The number of hydrogen-bond donors (Lipinski definition) is 4. The van der Waals surface area contributed by atoms with Crippen molar-refractivity contribution < 1.29 is 36.2 Å². The van der Waals surface area contributed by atoms with Crippen molar-refractivity contribution in [1.29, 1.82) is 0 Å². The lowest BCUT2D eigenvalue weighted by Crippen LogP contribution is -1.88. The zero-order valence-electron chi connectivity index (χ0n) is 11.9. The predicted molar refractivity (Wildman–Crippen MR) is 76.8 cm³/mol. The molecule has 0 bridgehead atoms. The van der Waals surface area contributed by atoms with E-state index in [0.29, 0.717) is 25.7 Å². The third kappa shape index (κ3) is 109. The van der Waals surface area contributed by atoms with E-state index in [-0.39, 0.29) is 0 Å². The quantitative estimate of drug-likeness (QED) is 0.383. The maximum Gasteiger partial charge on any atom is 0.261 e. The van der Waals surface area contributed by atoms with Crippen LogP contribution in [0, 0.1) is 0 Å². The van der Waals surface area contributed by atoms with Crippen molar-refractivity contribution in [2.45, 2.75) is 38.5 Å². The molecule has 0 fully saturated rings. The minimum atomic E-state index is -3.67. The number of hydrogen-bond acceptors (Lipinski definition) is 6. The Hall–Kier alpha value is -0.260. The third-order valence-corrected chi connectivity index (χ3v) is 1.57. The van der Waals surface area contributed by atoms with Gasteiger partial charge in [0, 0.05) is 13.2 Å². The van der Waals surface area contributed by atoms with Crippen molar-refractivity contribution in [1.82, 2.24) is 0 Å². The topological polar surface area (TPSA) is 149 Å². The molecule has 4 N–H and O–H groups in total. The molecule has 10 heteroatoms. The molecule has 0 aliphatic rings. The van der Waals surface area contributed by atoms with Gasteiger partial charge in [-0.15, -0.1) is 0 Å². The maximum absolute atomic E-state index is 9.19. The van der Waals surface area contributed by atoms with Crippen LogP contribution in [0.4, 0.5) is 0 Å². The second-order valence-electron chi connectivity index (χ2n) is 4.03. The van der Waals surface area contributed by atoms with Gasteiger partial charge in [-0.05, 0) is 12.8 Å². The highest BCUT2D eigenvalue weighted by Crippen LogP contribution is 2.03. The molecule has 0 saturated carbocycles. The first kappa shape index (κ1) is 24.7. The van der Waals surface area contributed by atoms with Crippen LogP contribution in [0.1, 0.15) is 38.5 Å². The summed E-state index contributed by atoms with van der Waals surface area (Å²) in [7, 11) is -7.33. The first-order valence-corrected chi connectivity index (χ1v) is 9.68. The Morgan fingerprint density at radius 3 is 0.900 bits per heavy atom. The monoisotopic (exact) mass is 338 g/mol. The molecule has 0 radical (unpaired) electrons. The summed E-state index contributed by atoms with van der Waals surface area (Å²) in [6.45, 7) is 0.639. The van der Waals surface area contributed by atoms with Crippen molar-refractivity contribution >= 4 is 20.2 Å². The summed E-state index contributed by atoms with van der Waals surface area (Å²) in [5, 5.41) is 16.9. The second kappa shape index (κ2) is 15.1. The molecule has 20 heavy (non-hydrogen) atoms. The fourth-order valence-corrected chi connectivity index (χ4v) is 0.931. The summed E-state index contributed by atoms with van der Waals surface area (Å²) >= 11 is 0. The molecule has 0 rings (SSSR count). The Kier molecular flexibility index (Phi) is 18.7. The minimum Gasteiger partial charge on any atom is -0.396 e. The van der Waals surface area contributed by atoms with Crippen molar-refractivity contribution in [3.05, 3.63) is 0 Å². The molecule has 0 heterocycles. The molecule has 0 spiro atoms. The zero-order valence-corrected chi connectivity index (χ0v) is 13.5. The van der Waals surface area contributed by atoms with Crippen LogP contribution >= 0.6 is 0 Å². The summed E-state index contributed by atoms with van der Waals surface area (Å²) in [4.78, 5) is 0. The van der Waals surface area contributed by atoms with E-state index in [1.165, 1.54) is 12.8 Å². The summed E-state index contributed by atoms with van der Waals surface area (Å²) in [5.74, 6) is 0. The average molecular weight is 338 g/mol. The van der Waals surface area contributed by atoms with Crippen molar-refractivity contribution in [3.8, 4) is 0 Å². The van der Waals surface area contributed by atoms with Crippen LogP contribution in [-0.2, 0) is 20.2 Å². The van der Waals surface area contributed by atoms with Crippen LogP contribution in [-0.4, -0.2) is 61.9 Å². The van der Waals surface area contributed by atoms with E-state index in [1.807, 2.05) is 0 Å². The van der Waals surface area contributed by atoms with Gasteiger partial charge in [0.15, 0.2) is 0 Å². The Balaban J connectivity index is -0.000000244. The van der Waals surface area contributed by atoms with Crippen molar-refractivity contribution in [3.63, 3.8) is 0 Å². The fraction of sp³-hybridized carbons (Fsp3) is 1.00. The predicted octanol–water partition coefficient (Wildman–Crippen LogP) is 0.320. The van der Waals surface area contributed by atoms with Crippen LogP contribution in [0.2, 0.25) is 0 Å². The van der Waals surface area contributed by atoms with E-state index < -0.39 is 20.2 Å². The molecule has 0 amide bonds. The van der Waals surface area contributed by atoms with Crippen LogP contribution < -0.4 is 0 Å². The van der Waals surface area contributed by atoms with Gasteiger partial charge in [0.25, 0.3) is 20.2 Å². The molecule has 0 unspecified atom stereocenters. The zero-order chi connectivity index (χ0) is 16.7. The Morgan fingerprint density at radius 1 is 0.600 bits per heavy atom. The summed E-state index contributed by atoms with van der Waals surface area (Å²) in [6.07, 6.45) is 7.93. The number of aliphatic hydroxyl groups is 2. The van der Waals surface area contributed by atoms with Gasteiger partial charge in [-0.25, -0.2) is 0 Å². The van der Waals surface area contributed by atoms with E-state index in [4.69, 9.17) is 19.3 Å². The SMILES string of the molecule is CS(=O)(=O)O.CS(=O)(=O)O.OCCCCCCCCO. The number of aliphatic hydroxyl groups excluding tert-OH is 2. The lowest BCUT2D eigenvalue weighted by atomic mass is 10.1. The molecule has 0 aromatic heterocycles. The smallest absolute Gasteiger partial charge is 0.261 e. The molecule has 126 valence electrons. The van der Waals surface area contributed by atoms with Gasteiger partial charge < -0.3 is 10.2 Å². The standard InChI is InChI=1S/C8H18O2.2CH4O3S/c9-7-5-3-1-2-4-6-8-10;2*1-5(2,3)4/h9-10H,1-8H2;2*1H3,(H,2,3,4). The molecule has 8 nitrogen and oxygen atoms in total. The lowest BCUT2D eigenvalue weighted by molar-refractivity contribution is 0.275. The van der Waals surface area contributed by atoms with Gasteiger partial charge in [0.05, 0.1) is 12.5 Å². The van der Waals surface area contributed by atoms with Gasteiger partial charge in [-0.2, -0.15) is 16.8 Å². The van der Waals surface area contributed by atoms with Crippen molar-refractivity contribution in [2.75, 3.05) is 25.7 Å². The summed E-state index contributed by atoms with van der Waals surface area (Å²) in [5.41, 5.74) is 0. The van der Waals surface area contributed by atoms with E-state index in [1.54, 1.807) is 0 Å². The normalized spacial score (nSPS) is 10.9. The molecule has 0 aliphatic carbocycles. The van der Waals surface area contributed by atoms with E-state index in [0.717, 1.165) is 25.7 Å². The molecular formula is C10H26O8S2. The minimum absolute atomic E-state index is 0.319. The van der Waals surface area contributed by atoms with Crippen LogP contribution in [0.15, 0.2) is 0 Å². The van der Waals surface area contributed by atoms with Gasteiger partial charge in [-0.3, -0.25) is 9.11 Å². The van der Waals surface area contributed by atoms with E-state index in [2.05, 4.69) is 0 Å². The van der Waals surface area contributed by atoms with Crippen LogP contribution in [0.3, 0.4) is 0 Å². The fourth-order valence-electron chi connectivity index (χ4n) is 0.931. The molecule has 0 aromatic carbocycles. The van der Waals surface area contributed by atoms with Crippen molar-refractivity contribution in [2.24, 2.45) is 0 Å². The first-order valence-electron chi connectivity index (χ1n) is 5.98. The summed E-state index contributed by atoms with van der Waals surface area (Å²) < 4.78 is 51.7. The first-order chi connectivity index (χ1) is 8.91. The largest absolute Gasteiger partial charge is 0.396 e. The molecule has 0 aliphatic heterocycles. The molecule has 0 aromatic rings. The van der Waals surface area contributed by atoms with Gasteiger partial charge in [0.2, 0.25) is 0 Å². The maximum atomic E-state index is 9.19. The van der Waals surface area contributed by atoms with Crippen LogP contribution in [0.25, 0.3) is 0 Å². The Bertz CT molecular complexity index is 320. The Morgan fingerprint density at radius 2 is 0.750 bits per heavy atom. The summed E-state index contributed by atoms with van der Waals surface area (Å²) in [6, 6.07) is 0. The highest BCUT2D eigenvalue weighted by atomic mass is 32.2. The molecular weight excluding hydrogens is 312 g/mol. The van der Waals surface area contributed by atoms with Gasteiger partial charge >= 0.3 is 0 Å². The van der Waals surface area contributed by atoms with Crippen LogP contribution in [0.5, 0.6) is 0 Å². The molecule has 0 atom stereocenters.